The highest BCUT2D eigenvalue weighted by molar-refractivity contribution is 6.05. The number of hydrogen-bond acceptors (Lipinski definition) is 3. The molecule has 0 bridgehead atoms. The number of aryl methyl sites for hydroxylation is 1. The molecule has 0 amide bonds. The maximum atomic E-state index is 6.07. The van der Waals surface area contributed by atoms with Crippen LogP contribution in [0.15, 0.2) is 83.4 Å². The van der Waals surface area contributed by atoms with Crippen molar-refractivity contribution in [1.82, 2.24) is 15.0 Å². The zero-order valence-corrected chi connectivity index (χ0v) is 15.8. The number of fused-ring (bicyclic) bond motifs is 4. The van der Waals surface area contributed by atoms with Crippen LogP contribution in [0.25, 0.3) is 55.6 Å². The Balaban J connectivity index is 1.47. The van der Waals surface area contributed by atoms with E-state index in [1.165, 1.54) is 5.56 Å². The summed E-state index contributed by atoms with van der Waals surface area (Å²) in [5.41, 5.74) is 7.89. The average Bonchev–Trinajstić information content (AvgIpc) is 3.34. The van der Waals surface area contributed by atoms with Gasteiger partial charge >= 0.3 is 0 Å². The molecule has 4 nitrogen and oxygen atoms in total. The second-order valence-electron chi connectivity index (χ2n) is 7.35. The highest BCUT2D eigenvalue weighted by Crippen LogP contribution is 2.32. The van der Waals surface area contributed by atoms with Crippen molar-refractivity contribution in [2.75, 3.05) is 0 Å². The zero-order chi connectivity index (χ0) is 19.4. The number of furan rings is 1. The summed E-state index contributed by atoms with van der Waals surface area (Å²) in [5, 5.41) is 2.15. The van der Waals surface area contributed by atoms with Gasteiger partial charge in [-0.15, -0.1) is 0 Å². The molecule has 0 aliphatic carbocycles. The molecular weight excluding hydrogens is 358 g/mol. The van der Waals surface area contributed by atoms with E-state index in [9.17, 15) is 0 Å². The number of imidazole rings is 1. The minimum absolute atomic E-state index is 0.852. The fourth-order valence-electron chi connectivity index (χ4n) is 3.86. The van der Waals surface area contributed by atoms with Crippen molar-refractivity contribution in [2.24, 2.45) is 0 Å². The molecule has 1 N–H and O–H groups in total. The van der Waals surface area contributed by atoms with Crippen LogP contribution in [0.3, 0.4) is 0 Å². The van der Waals surface area contributed by atoms with Gasteiger partial charge in [-0.05, 0) is 37.3 Å². The third kappa shape index (κ3) is 2.61. The molecule has 0 radical (unpaired) electrons. The Morgan fingerprint density at radius 3 is 2.62 bits per heavy atom. The Morgan fingerprint density at radius 1 is 0.793 bits per heavy atom. The van der Waals surface area contributed by atoms with E-state index in [-0.39, 0.29) is 0 Å². The lowest BCUT2D eigenvalue weighted by Crippen LogP contribution is -1.86. The molecule has 3 aromatic carbocycles. The van der Waals surface area contributed by atoms with Crippen molar-refractivity contribution >= 4 is 33.0 Å². The molecule has 6 aromatic rings. The Labute approximate surface area is 166 Å². The molecule has 0 saturated carbocycles. The minimum atomic E-state index is 0.852. The summed E-state index contributed by atoms with van der Waals surface area (Å²) in [6, 6.07) is 24.6. The van der Waals surface area contributed by atoms with Crippen LogP contribution in [-0.4, -0.2) is 15.0 Å². The summed E-state index contributed by atoms with van der Waals surface area (Å²) in [6.07, 6.45) is 1.91. The zero-order valence-electron chi connectivity index (χ0n) is 15.8. The number of pyridine rings is 1. The molecule has 0 saturated heterocycles. The summed E-state index contributed by atoms with van der Waals surface area (Å²) in [5.74, 6) is 0.855. The van der Waals surface area contributed by atoms with Crippen molar-refractivity contribution in [1.29, 1.82) is 0 Å². The van der Waals surface area contributed by atoms with E-state index in [2.05, 4.69) is 42.2 Å². The van der Waals surface area contributed by atoms with E-state index < -0.39 is 0 Å². The normalized spacial score (nSPS) is 11.6. The first-order valence-electron chi connectivity index (χ1n) is 9.59. The number of nitrogens with zero attached hydrogens (tertiary/aromatic N) is 2. The fraction of sp³-hybridized carbons (Fsp3) is 0.0400. The molecule has 3 aromatic heterocycles. The SMILES string of the molecule is Cc1ccc2oc3cc(-c4cccc(-c5nc6ccccc6[nH]5)c4)ncc3c2c1. The predicted octanol–water partition coefficient (Wildman–Crippen LogP) is 6.50. The van der Waals surface area contributed by atoms with E-state index in [0.29, 0.717) is 0 Å². The Bertz CT molecular complexity index is 1490. The van der Waals surface area contributed by atoms with Gasteiger partial charge in [0.25, 0.3) is 0 Å². The lowest BCUT2D eigenvalue weighted by Gasteiger charge is -2.03. The number of nitrogens with one attached hydrogen (secondary N) is 1. The molecule has 0 spiro atoms. The molecule has 138 valence electrons. The lowest BCUT2D eigenvalue weighted by atomic mass is 10.1. The summed E-state index contributed by atoms with van der Waals surface area (Å²) < 4.78 is 6.07. The van der Waals surface area contributed by atoms with Crippen LogP contribution in [0.1, 0.15) is 5.56 Å². The molecule has 0 atom stereocenters. The third-order valence-electron chi connectivity index (χ3n) is 5.33. The molecule has 3 heterocycles. The Morgan fingerprint density at radius 2 is 1.69 bits per heavy atom. The molecule has 0 unspecified atom stereocenters. The second-order valence-corrected chi connectivity index (χ2v) is 7.35. The van der Waals surface area contributed by atoms with E-state index in [0.717, 1.165) is 55.6 Å². The van der Waals surface area contributed by atoms with Gasteiger partial charge < -0.3 is 9.40 Å². The van der Waals surface area contributed by atoms with E-state index >= 15 is 0 Å². The quantitative estimate of drug-likeness (QED) is 0.376. The topological polar surface area (TPSA) is 54.7 Å². The van der Waals surface area contributed by atoms with Gasteiger partial charge in [0, 0.05) is 34.2 Å². The predicted molar refractivity (Wildman–Crippen MR) is 117 cm³/mol. The molecule has 6 rings (SSSR count). The van der Waals surface area contributed by atoms with Crippen LogP contribution in [0.5, 0.6) is 0 Å². The maximum Gasteiger partial charge on any atom is 0.139 e. The van der Waals surface area contributed by atoms with Crippen LogP contribution in [-0.2, 0) is 0 Å². The van der Waals surface area contributed by atoms with Gasteiger partial charge in [-0.1, -0.05) is 42.0 Å². The van der Waals surface area contributed by atoms with Crippen molar-refractivity contribution in [3.8, 4) is 22.6 Å². The number of hydrogen-bond donors (Lipinski definition) is 1. The summed E-state index contributed by atoms with van der Waals surface area (Å²) >= 11 is 0. The Hall–Kier alpha value is -3.92. The first kappa shape index (κ1) is 16.1. The molecule has 4 heteroatoms. The van der Waals surface area contributed by atoms with Crippen LogP contribution in [0.2, 0.25) is 0 Å². The standard InChI is InChI=1S/C25H17N3O/c1-15-9-10-23-18(11-15)19-14-26-22(13-24(19)29-23)16-5-4-6-17(12-16)25-27-20-7-2-3-8-21(20)28-25/h2-14H,1H3,(H,27,28). The van der Waals surface area contributed by atoms with Crippen molar-refractivity contribution in [3.63, 3.8) is 0 Å². The van der Waals surface area contributed by atoms with Gasteiger partial charge in [0.1, 0.15) is 17.0 Å². The average molecular weight is 375 g/mol. The van der Waals surface area contributed by atoms with Gasteiger partial charge in [-0.2, -0.15) is 0 Å². The highest BCUT2D eigenvalue weighted by Gasteiger charge is 2.11. The monoisotopic (exact) mass is 375 g/mol. The van der Waals surface area contributed by atoms with Crippen LogP contribution in [0.4, 0.5) is 0 Å². The van der Waals surface area contributed by atoms with E-state index in [1.54, 1.807) is 0 Å². The number of benzene rings is 3. The third-order valence-corrected chi connectivity index (χ3v) is 5.33. The number of para-hydroxylation sites is 2. The highest BCUT2D eigenvalue weighted by atomic mass is 16.3. The second kappa shape index (κ2) is 6.04. The Kier molecular flexibility index (Phi) is 3.35. The van der Waals surface area contributed by atoms with Gasteiger partial charge in [0.15, 0.2) is 0 Å². The molecule has 29 heavy (non-hydrogen) atoms. The maximum absolute atomic E-state index is 6.07. The lowest BCUT2D eigenvalue weighted by molar-refractivity contribution is 0.668. The summed E-state index contributed by atoms with van der Waals surface area (Å²) in [7, 11) is 0. The first-order valence-corrected chi connectivity index (χ1v) is 9.59. The number of aromatic amines is 1. The van der Waals surface area contributed by atoms with Crippen LogP contribution < -0.4 is 0 Å². The van der Waals surface area contributed by atoms with Gasteiger partial charge in [0.05, 0.1) is 16.7 Å². The van der Waals surface area contributed by atoms with Gasteiger partial charge in [-0.25, -0.2) is 4.98 Å². The number of H-pyrrole nitrogens is 1. The summed E-state index contributed by atoms with van der Waals surface area (Å²) in [6.45, 7) is 2.09. The fourth-order valence-corrected chi connectivity index (χ4v) is 3.86. The molecule has 0 aliphatic rings. The van der Waals surface area contributed by atoms with Crippen molar-refractivity contribution < 1.29 is 4.42 Å². The van der Waals surface area contributed by atoms with Gasteiger partial charge in [-0.3, -0.25) is 4.98 Å². The first-order chi connectivity index (χ1) is 14.2. The van der Waals surface area contributed by atoms with Gasteiger partial charge in [0.2, 0.25) is 0 Å². The summed E-state index contributed by atoms with van der Waals surface area (Å²) in [4.78, 5) is 12.8. The number of rotatable bonds is 2. The molecular formula is C25H17N3O. The smallest absolute Gasteiger partial charge is 0.139 e. The number of aromatic nitrogens is 3. The molecule has 0 fully saturated rings. The van der Waals surface area contributed by atoms with E-state index in [4.69, 9.17) is 14.4 Å². The van der Waals surface area contributed by atoms with Crippen molar-refractivity contribution in [2.45, 2.75) is 6.92 Å². The molecule has 0 aliphatic heterocycles. The van der Waals surface area contributed by atoms with Crippen LogP contribution in [0, 0.1) is 6.92 Å². The minimum Gasteiger partial charge on any atom is -0.456 e. The van der Waals surface area contributed by atoms with Crippen molar-refractivity contribution in [3.05, 3.63) is 84.6 Å². The largest absolute Gasteiger partial charge is 0.456 e. The van der Waals surface area contributed by atoms with E-state index in [1.807, 2.05) is 48.7 Å². The van der Waals surface area contributed by atoms with Crippen LogP contribution >= 0.6 is 0 Å².